The Morgan fingerprint density at radius 3 is 2.39 bits per heavy atom. The van der Waals surface area contributed by atoms with Crippen LogP contribution >= 0.6 is 0 Å². The van der Waals surface area contributed by atoms with Crippen LogP contribution in [0.3, 0.4) is 0 Å². The van der Waals surface area contributed by atoms with Crippen LogP contribution in [0, 0.1) is 47.8 Å². The Morgan fingerprint density at radius 2 is 1.63 bits per heavy atom. The molecule has 2 bridgehead atoms. The van der Waals surface area contributed by atoms with Crippen LogP contribution in [0.4, 0.5) is 0 Å². The summed E-state index contributed by atoms with van der Waals surface area (Å²) in [6.07, 6.45) is 6.90. The van der Waals surface area contributed by atoms with Gasteiger partial charge >= 0.3 is 0 Å². The Labute approximate surface area is 295 Å². The molecule has 2 saturated heterocycles. The number of para-hydroxylation sites is 1. The third kappa shape index (κ3) is 4.51. The van der Waals surface area contributed by atoms with Crippen LogP contribution in [0.1, 0.15) is 68.6 Å². The smallest absolute Gasteiger partial charge is 0.235 e. The number of fused-ring (bicyclic) bond motifs is 9. The molecular formula is C41H44N2O8. The van der Waals surface area contributed by atoms with Gasteiger partial charge in [0.15, 0.2) is 23.1 Å². The maximum atomic E-state index is 15.9. The highest BCUT2D eigenvalue weighted by atomic mass is 16.5. The van der Waals surface area contributed by atoms with Gasteiger partial charge in [0.2, 0.25) is 11.7 Å². The number of nitrogens with one attached hydrogen (secondary N) is 2. The first-order valence-corrected chi connectivity index (χ1v) is 17.9. The van der Waals surface area contributed by atoms with Crippen molar-refractivity contribution in [2.24, 2.45) is 40.9 Å². The lowest BCUT2D eigenvalue weighted by Gasteiger charge is -2.47. The number of carbonyl (C=O) groups excluding carboxylic acids is 3. The fourth-order valence-electron chi connectivity index (χ4n) is 10.3. The van der Waals surface area contributed by atoms with Crippen LogP contribution in [0.2, 0.25) is 0 Å². The lowest BCUT2D eigenvalue weighted by Crippen LogP contribution is -2.56. The number of aromatic hydroxyl groups is 3. The molecule has 10 nitrogen and oxygen atoms in total. The second-order valence-corrected chi connectivity index (χ2v) is 15.5. The predicted octanol–water partition coefficient (Wildman–Crippen LogP) is 5.55. The maximum absolute atomic E-state index is 15.9. The summed E-state index contributed by atoms with van der Waals surface area (Å²) >= 11 is 0. The van der Waals surface area contributed by atoms with Gasteiger partial charge in [0.1, 0.15) is 11.5 Å². The molecule has 3 aromatic rings. The quantitative estimate of drug-likeness (QED) is 0.115. The molecule has 2 aliphatic carbocycles. The van der Waals surface area contributed by atoms with E-state index in [1.54, 1.807) is 13.8 Å². The molecule has 1 spiro atoms. The van der Waals surface area contributed by atoms with Crippen molar-refractivity contribution in [1.82, 2.24) is 10.3 Å². The Bertz CT molecular complexity index is 2110. The van der Waals surface area contributed by atoms with Crippen molar-refractivity contribution in [3.63, 3.8) is 0 Å². The van der Waals surface area contributed by atoms with E-state index in [0.29, 0.717) is 24.0 Å². The number of ether oxygens (including phenoxy) is 1. The largest absolute Gasteiger partial charge is 0.504 e. The Balaban J connectivity index is 1.34. The van der Waals surface area contributed by atoms with E-state index in [9.17, 15) is 30.0 Å². The van der Waals surface area contributed by atoms with E-state index >= 15 is 4.79 Å². The molecule has 4 heterocycles. The zero-order valence-corrected chi connectivity index (χ0v) is 29.3. The molecule has 3 aliphatic heterocycles. The average Bonchev–Trinajstić information content (AvgIpc) is 3.87. The molecule has 1 aromatic heterocycles. The number of aromatic nitrogens is 1. The second kappa shape index (κ2) is 11.7. The first-order valence-electron chi connectivity index (χ1n) is 17.9. The number of carbonyl (C=O) groups is 3. The summed E-state index contributed by atoms with van der Waals surface area (Å²) in [6.45, 7) is 9.29. The SMILES string of the molecule is CC1=C[C@@H]2/C=C/CC(C)/C=C(/C)C(O)C(=O)C3C4OC(c5c(O)c(O)c(O)c(C)c54)C3C(=O)[C@@]23C(=O)N[C@@H](Cc2c[nH]c4ccccc24)[C@@H]3[C@@H]1C. The highest BCUT2D eigenvalue weighted by molar-refractivity contribution is 6.12. The van der Waals surface area contributed by atoms with Crippen molar-refractivity contribution in [3.8, 4) is 17.2 Å². The summed E-state index contributed by atoms with van der Waals surface area (Å²) in [5.41, 5.74) is 2.47. The van der Waals surface area contributed by atoms with Gasteiger partial charge in [0.25, 0.3) is 0 Å². The van der Waals surface area contributed by atoms with Crippen molar-refractivity contribution in [3.05, 3.63) is 88.2 Å². The molecule has 11 atom stereocenters. The molecule has 0 radical (unpaired) electrons. The molecule has 10 heteroatoms. The highest BCUT2D eigenvalue weighted by Crippen LogP contribution is 2.67. The van der Waals surface area contributed by atoms with E-state index in [2.05, 4.69) is 10.3 Å². The third-order valence-corrected chi connectivity index (χ3v) is 12.8. The number of benzene rings is 2. The first-order chi connectivity index (χ1) is 24.3. The number of aliphatic hydroxyl groups excluding tert-OH is 1. The monoisotopic (exact) mass is 692 g/mol. The van der Waals surface area contributed by atoms with Gasteiger partial charge in [-0.1, -0.05) is 61.9 Å². The number of aromatic amines is 1. The van der Waals surface area contributed by atoms with Crippen LogP contribution in [0.25, 0.3) is 10.9 Å². The normalized spacial score (nSPS) is 37.6. The molecule has 8 rings (SSSR count). The average molecular weight is 693 g/mol. The summed E-state index contributed by atoms with van der Waals surface area (Å²) in [7, 11) is 0. The van der Waals surface area contributed by atoms with E-state index < -0.39 is 88.2 Å². The topological polar surface area (TPSA) is 169 Å². The van der Waals surface area contributed by atoms with Crippen molar-refractivity contribution in [1.29, 1.82) is 0 Å². The van der Waals surface area contributed by atoms with E-state index in [1.165, 1.54) is 0 Å². The number of hydrogen-bond donors (Lipinski definition) is 6. The Hall–Kier alpha value is -4.67. The number of hydrogen-bond acceptors (Lipinski definition) is 8. The zero-order valence-electron chi connectivity index (χ0n) is 29.3. The summed E-state index contributed by atoms with van der Waals surface area (Å²) in [4.78, 5) is 48.7. The number of allylic oxidation sites excluding steroid dienone is 5. The van der Waals surface area contributed by atoms with Gasteiger partial charge in [-0.2, -0.15) is 0 Å². The molecule has 2 fully saturated rings. The molecule has 6 unspecified atom stereocenters. The van der Waals surface area contributed by atoms with E-state index in [0.717, 1.165) is 22.0 Å². The van der Waals surface area contributed by atoms with Crippen LogP contribution in [0.5, 0.6) is 17.2 Å². The lowest BCUT2D eigenvalue weighted by atomic mass is 9.51. The third-order valence-electron chi connectivity index (χ3n) is 12.8. The fraction of sp³-hybridized carbons (Fsp3) is 0.439. The predicted molar refractivity (Wildman–Crippen MR) is 189 cm³/mol. The van der Waals surface area contributed by atoms with E-state index in [4.69, 9.17) is 4.74 Å². The number of aliphatic hydroxyl groups is 1. The summed E-state index contributed by atoms with van der Waals surface area (Å²) < 4.78 is 6.43. The van der Waals surface area contributed by atoms with Crippen molar-refractivity contribution in [2.45, 2.75) is 71.8 Å². The minimum atomic E-state index is -1.66. The molecular weight excluding hydrogens is 648 g/mol. The molecule has 2 aromatic carbocycles. The summed E-state index contributed by atoms with van der Waals surface area (Å²) in [5.74, 6) is -7.38. The number of rotatable bonds is 2. The molecule has 6 N–H and O–H groups in total. The van der Waals surface area contributed by atoms with Crippen LogP contribution in [-0.2, 0) is 25.5 Å². The van der Waals surface area contributed by atoms with Gasteiger partial charge in [0.05, 0.1) is 24.0 Å². The van der Waals surface area contributed by atoms with Crippen LogP contribution in [0.15, 0.2) is 65.9 Å². The molecule has 1 amide bonds. The maximum Gasteiger partial charge on any atom is 0.235 e. The van der Waals surface area contributed by atoms with Crippen LogP contribution in [-0.4, -0.2) is 55.0 Å². The van der Waals surface area contributed by atoms with E-state index in [1.807, 2.05) is 75.5 Å². The second-order valence-electron chi connectivity index (χ2n) is 15.5. The Kier molecular flexibility index (Phi) is 7.67. The van der Waals surface area contributed by atoms with Crippen molar-refractivity contribution >= 4 is 28.4 Å². The van der Waals surface area contributed by atoms with Gasteiger partial charge in [-0.25, -0.2) is 0 Å². The van der Waals surface area contributed by atoms with Crippen molar-refractivity contribution in [2.75, 3.05) is 0 Å². The van der Waals surface area contributed by atoms with Gasteiger partial charge in [-0.15, -0.1) is 0 Å². The van der Waals surface area contributed by atoms with Gasteiger partial charge < -0.3 is 35.5 Å². The summed E-state index contributed by atoms with van der Waals surface area (Å²) in [6, 6.07) is 7.51. The minimum absolute atomic E-state index is 0.0570. The van der Waals surface area contributed by atoms with Gasteiger partial charge in [-0.3, -0.25) is 14.4 Å². The standard InChI is InChI=1S/C41H44N2O8/c1-17-9-8-10-23-14-18(2)20(4)31-26(15-22-16-42-25-12-7-6-11-24(22)25)43-40(50)41(23,31)39(49)30-29(34(46)32(44)19(3)13-17)37-27-21(5)33(45)36(48)35(47)28(27)38(30)51-37/h6-8,10-14,16-17,20,23,26,29-32,37-38,42,44-45,47-48H,9,15H2,1-5H3,(H,43,50)/b10-8+,19-13-/t17?,20-,23+,26+,29?,30?,31+,32?,37?,38?,41-/m1/s1. The zero-order chi connectivity index (χ0) is 36.3. The highest BCUT2D eigenvalue weighted by Gasteiger charge is 2.71. The number of phenolic OH excluding ortho intramolecular Hbond substituents is 3. The Morgan fingerprint density at radius 1 is 0.902 bits per heavy atom. The number of phenols is 3. The number of H-pyrrole nitrogens is 1. The first kappa shape index (κ1) is 33.5. The summed E-state index contributed by atoms with van der Waals surface area (Å²) in [5, 5.41) is 48.5. The molecule has 0 saturated carbocycles. The van der Waals surface area contributed by atoms with Crippen LogP contribution < -0.4 is 5.32 Å². The minimum Gasteiger partial charge on any atom is -0.504 e. The fourth-order valence-corrected chi connectivity index (χ4v) is 10.3. The molecule has 5 aliphatic rings. The van der Waals surface area contributed by atoms with E-state index in [-0.39, 0.29) is 23.0 Å². The number of amides is 1. The molecule has 51 heavy (non-hydrogen) atoms. The molecule has 266 valence electrons. The number of Topliss-reactive ketones (excluding diaryl/α,β-unsaturated/α-hetero) is 2. The van der Waals surface area contributed by atoms with Gasteiger partial charge in [0, 0.05) is 46.1 Å². The lowest BCUT2D eigenvalue weighted by molar-refractivity contribution is -0.152. The van der Waals surface area contributed by atoms with Crippen molar-refractivity contribution < 1.29 is 39.5 Å². The number of ketones is 2. The van der Waals surface area contributed by atoms with Gasteiger partial charge in [-0.05, 0) is 68.2 Å².